The minimum Gasteiger partial charge on any atom is -0.330 e. The van der Waals surface area contributed by atoms with Gasteiger partial charge in [0.1, 0.15) is 0 Å². The van der Waals surface area contributed by atoms with E-state index in [1.54, 1.807) is 18.2 Å². The third-order valence-electron chi connectivity index (χ3n) is 4.74. The number of piperidine rings is 1. The zero-order valence-corrected chi connectivity index (χ0v) is 12.9. The Labute approximate surface area is 126 Å². The van der Waals surface area contributed by atoms with Crippen LogP contribution in [0.4, 0.5) is 5.69 Å². The number of likely N-dealkylation sites (tertiary alicyclic amines) is 1. The summed E-state index contributed by atoms with van der Waals surface area (Å²) in [5.41, 5.74) is 7.10. The summed E-state index contributed by atoms with van der Waals surface area (Å²) in [4.78, 5) is 13.1. The van der Waals surface area contributed by atoms with Gasteiger partial charge >= 0.3 is 0 Å². The highest BCUT2D eigenvalue weighted by Crippen LogP contribution is 2.32. The summed E-state index contributed by atoms with van der Waals surface area (Å²) in [5, 5.41) is 11.0. The van der Waals surface area contributed by atoms with E-state index in [-0.39, 0.29) is 16.7 Å². The Morgan fingerprint density at radius 3 is 2.90 bits per heavy atom. The fourth-order valence-electron chi connectivity index (χ4n) is 3.32. The summed E-state index contributed by atoms with van der Waals surface area (Å²) in [6, 6.07) is 7.28. The van der Waals surface area contributed by atoms with Gasteiger partial charge in [0.15, 0.2) is 0 Å². The number of nitro groups is 1. The molecule has 1 heterocycles. The van der Waals surface area contributed by atoms with Gasteiger partial charge in [-0.15, -0.1) is 0 Å². The van der Waals surface area contributed by atoms with Gasteiger partial charge in [0.05, 0.1) is 4.92 Å². The van der Waals surface area contributed by atoms with E-state index in [1.807, 2.05) is 6.07 Å². The second-order valence-electron chi connectivity index (χ2n) is 6.03. The molecule has 1 aromatic rings. The summed E-state index contributed by atoms with van der Waals surface area (Å²) in [7, 11) is 0. The number of non-ortho nitro benzene ring substituents is 1. The van der Waals surface area contributed by atoms with Gasteiger partial charge in [0.25, 0.3) is 5.69 Å². The van der Waals surface area contributed by atoms with Crippen molar-refractivity contribution in [1.82, 2.24) is 4.90 Å². The molecule has 1 fully saturated rings. The van der Waals surface area contributed by atoms with Gasteiger partial charge in [0.2, 0.25) is 0 Å². The molecular formula is C16H25N3O2. The smallest absolute Gasteiger partial charge is 0.269 e. The second-order valence-corrected chi connectivity index (χ2v) is 6.03. The van der Waals surface area contributed by atoms with Crippen molar-refractivity contribution >= 4 is 5.69 Å². The molecule has 0 saturated carbocycles. The molecule has 3 unspecified atom stereocenters. The van der Waals surface area contributed by atoms with Crippen molar-refractivity contribution in [3.05, 3.63) is 39.9 Å². The summed E-state index contributed by atoms with van der Waals surface area (Å²) >= 11 is 0. The number of hydrogen-bond acceptors (Lipinski definition) is 4. The molecular weight excluding hydrogens is 266 g/mol. The van der Waals surface area contributed by atoms with Gasteiger partial charge in [-0.3, -0.25) is 15.0 Å². The van der Waals surface area contributed by atoms with E-state index in [0.29, 0.717) is 18.4 Å². The van der Waals surface area contributed by atoms with Gasteiger partial charge in [-0.05, 0) is 43.3 Å². The van der Waals surface area contributed by atoms with Crippen LogP contribution in [-0.4, -0.2) is 29.5 Å². The Bertz CT molecular complexity index is 492. The van der Waals surface area contributed by atoms with Gasteiger partial charge < -0.3 is 5.73 Å². The molecule has 0 amide bonds. The molecule has 1 saturated heterocycles. The third-order valence-corrected chi connectivity index (χ3v) is 4.74. The molecule has 116 valence electrons. The average Bonchev–Trinajstić information content (AvgIpc) is 2.50. The predicted molar refractivity (Wildman–Crippen MR) is 84.0 cm³/mol. The Balaban J connectivity index is 2.19. The van der Waals surface area contributed by atoms with E-state index in [0.717, 1.165) is 31.5 Å². The molecule has 5 heteroatoms. The van der Waals surface area contributed by atoms with Gasteiger partial charge in [0, 0.05) is 24.7 Å². The van der Waals surface area contributed by atoms with Crippen LogP contribution in [0.25, 0.3) is 0 Å². The fraction of sp³-hybridized carbons (Fsp3) is 0.625. The van der Waals surface area contributed by atoms with Crippen LogP contribution in [0.15, 0.2) is 24.3 Å². The van der Waals surface area contributed by atoms with E-state index in [4.69, 9.17) is 5.73 Å². The minimum absolute atomic E-state index is 0.173. The highest BCUT2D eigenvalue weighted by molar-refractivity contribution is 5.35. The van der Waals surface area contributed by atoms with Crippen molar-refractivity contribution in [1.29, 1.82) is 0 Å². The molecule has 1 aliphatic rings. The third kappa shape index (κ3) is 3.60. The fourth-order valence-corrected chi connectivity index (χ4v) is 3.32. The highest BCUT2D eigenvalue weighted by atomic mass is 16.6. The molecule has 1 aromatic carbocycles. The van der Waals surface area contributed by atoms with E-state index >= 15 is 0 Å². The first kappa shape index (κ1) is 15.9. The lowest BCUT2D eigenvalue weighted by Crippen LogP contribution is -2.44. The molecule has 1 aliphatic heterocycles. The average molecular weight is 291 g/mol. The number of nitrogens with zero attached hydrogens (tertiary/aromatic N) is 2. The first-order chi connectivity index (χ1) is 10.1. The quantitative estimate of drug-likeness (QED) is 0.668. The van der Waals surface area contributed by atoms with Gasteiger partial charge in [-0.1, -0.05) is 26.0 Å². The number of nitrogens with two attached hydrogens (primary N) is 1. The van der Waals surface area contributed by atoms with Crippen molar-refractivity contribution in [3.63, 3.8) is 0 Å². The summed E-state index contributed by atoms with van der Waals surface area (Å²) < 4.78 is 0. The lowest BCUT2D eigenvalue weighted by molar-refractivity contribution is -0.385. The predicted octanol–water partition coefficient (Wildman–Crippen LogP) is 2.96. The molecule has 0 bridgehead atoms. The van der Waals surface area contributed by atoms with Crippen LogP contribution in [0.1, 0.15) is 38.3 Å². The highest BCUT2D eigenvalue weighted by Gasteiger charge is 2.29. The zero-order chi connectivity index (χ0) is 15.4. The van der Waals surface area contributed by atoms with E-state index in [9.17, 15) is 10.1 Å². The van der Waals surface area contributed by atoms with Crippen molar-refractivity contribution in [3.8, 4) is 0 Å². The molecule has 0 spiro atoms. The molecule has 0 aliphatic carbocycles. The normalized spacial score (nSPS) is 24.7. The molecule has 0 aromatic heterocycles. The second kappa shape index (κ2) is 7.00. The zero-order valence-electron chi connectivity index (χ0n) is 12.9. The molecule has 2 N–H and O–H groups in total. The number of benzene rings is 1. The Morgan fingerprint density at radius 2 is 2.29 bits per heavy atom. The molecule has 21 heavy (non-hydrogen) atoms. The number of hydrogen-bond donors (Lipinski definition) is 1. The van der Waals surface area contributed by atoms with Crippen LogP contribution < -0.4 is 5.73 Å². The Morgan fingerprint density at radius 1 is 1.52 bits per heavy atom. The maximum atomic E-state index is 11.0. The van der Waals surface area contributed by atoms with Gasteiger partial charge in [-0.25, -0.2) is 0 Å². The van der Waals surface area contributed by atoms with Crippen molar-refractivity contribution < 1.29 is 4.92 Å². The molecule has 5 nitrogen and oxygen atoms in total. The van der Waals surface area contributed by atoms with Crippen LogP contribution in [0, 0.1) is 22.0 Å². The number of rotatable bonds is 5. The lowest BCUT2D eigenvalue weighted by Gasteiger charge is -2.41. The maximum absolute atomic E-state index is 11.0. The molecule has 0 radical (unpaired) electrons. The van der Waals surface area contributed by atoms with E-state index < -0.39 is 0 Å². The van der Waals surface area contributed by atoms with E-state index in [2.05, 4.69) is 18.7 Å². The Hall–Kier alpha value is -1.46. The van der Waals surface area contributed by atoms with Crippen LogP contribution >= 0.6 is 0 Å². The summed E-state index contributed by atoms with van der Waals surface area (Å²) in [6.07, 6.45) is 2.10. The minimum atomic E-state index is -0.322. The standard InChI is InChI=1S/C16H25N3O2/c1-3-16(13-5-4-6-15(9-13)19(20)21)18-8-7-12(2)14(10-17)11-18/h4-6,9,12,14,16H,3,7-8,10-11,17H2,1-2H3. The number of nitro benzene ring substituents is 1. The van der Waals surface area contributed by atoms with Crippen LogP contribution in [0.5, 0.6) is 0 Å². The van der Waals surface area contributed by atoms with Crippen LogP contribution in [0.3, 0.4) is 0 Å². The summed E-state index contributed by atoms with van der Waals surface area (Å²) in [6.45, 7) is 7.14. The molecule has 3 atom stereocenters. The topological polar surface area (TPSA) is 72.4 Å². The van der Waals surface area contributed by atoms with Crippen LogP contribution in [0.2, 0.25) is 0 Å². The Kier molecular flexibility index (Phi) is 5.31. The summed E-state index contributed by atoms with van der Waals surface area (Å²) in [5.74, 6) is 1.18. The van der Waals surface area contributed by atoms with Crippen molar-refractivity contribution in [2.75, 3.05) is 19.6 Å². The van der Waals surface area contributed by atoms with E-state index in [1.165, 1.54) is 0 Å². The SMILES string of the molecule is CCC(c1cccc([N+](=O)[O-])c1)N1CCC(C)C(CN)C1. The monoisotopic (exact) mass is 291 g/mol. The molecule has 2 rings (SSSR count). The van der Waals surface area contributed by atoms with Crippen molar-refractivity contribution in [2.45, 2.75) is 32.7 Å². The van der Waals surface area contributed by atoms with Gasteiger partial charge in [-0.2, -0.15) is 0 Å². The van der Waals surface area contributed by atoms with Crippen molar-refractivity contribution in [2.24, 2.45) is 17.6 Å². The largest absolute Gasteiger partial charge is 0.330 e. The maximum Gasteiger partial charge on any atom is 0.269 e. The lowest BCUT2D eigenvalue weighted by atomic mass is 9.85. The first-order valence-electron chi connectivity index (χ1n) is 7.75. The first-order valence-corrected chi connectivity index (χ1v) is 7.75. The van der Waals surface area contributed by atoms with Crippen LogP contribution in [-0.2, 0) is 0 Å².